The zero-order valence-electron chi connectivity index (χ0n) is 32.4. The lowest BCUT2D eigenvalue weighted by molar-refractivity contribution is -0.137. The van der Waals surface area contributed by atoms with Crippen LogP contribution in [0.25, 0.3) is 11.1 Å². The first kappa shape index (κ1) is 26.6. The Morgan fingerprint density at radius 1 is 1.07 bits per heavy atom. The second-order valence-electron chi connectivity index (χ2n) is 11.3. The molecule has 0 spiro atoms. The number of aliphatic carboxylic acids is 1. The minimum Gasteiger partial charge on any atom is -0.494 e. The van der Waals surface area contributed by atoms with Crippen LogP contribution in [0.5, 0.6) is 5.75 Å². The van der Waals surface area contributed by atoms with Crippen molar-refractivity contribution in [2.75, 3.05) is 13.6 Å². The van der Waals surface area contributed by atoms with Crippen LogP contribution in [0, 0.1) is 19.7 Å². The van der Waals surface area contributed by atoms with E-state index in [0.29, 0.717) is 11.1 Å². The van der Waals surface area contributed by atoms with Crippen molar-refractivity contribution in [3.63, 3.8) is 0 Å². The number of aromatic nitrogens is 2. The van der Waals surface area contributed by atoms with Crippen molar-refractivity contribution in [3.05, 3.63) is 121 Å². The summed E-state index contributed by atoms with van der Waals surface area (Å²) in [6.45, 7) is 3.41. The normalized spacial score (nSPS) is 15.8. The van der Waals surface area contributed by atoms with E-state index in [2.05, 4.69) is 5.32 Å². The van der Waals surface area contributed by atoms with E-state index >= 15 is 8.78 Å². The topological polar surface area (TPSA) is 103 Å². The van der Waals surface area contributed by atoms with Gasteiger partial charge in [0.15, 0.2) is 11.6 Å². The highest BCUT2D eigenvalue weighted by atomic mass is 19.1. The van der Waals surface area contributed by atoms with E-state index in [0.717, 1.165) is 4.57 Å². The number of aryl methyl sites for hydroxylation is 1. The Kier molecular flexibility index (Phi) is 8.25. The molecular formula is C36H41F2N3O5. The van der Waals surface area contributed by atoms with E-state index in [-0.39, 0.29) is 33.7 Å². The minimum absolute atomic E-state index is 0.0299. The summed E-state index contributed by atoms with van der Waals surface area (Å²) in [7, 11) is 1.24. The Hall–Kier alpha value is -4.57. The molecule has 244 valence electrons. The van der Waals surface area contributed by atoms with Gasteiger partial charge in [0.25, 0.3) is 5.56 Å². The van der Waals surface area contributed by atoms with Crippen LogP contribution < -0.4 is 21.3 Å². The Labute approximate surface area is 275 Å². The first-order chi connectivity index (χ1) is 24.0. The van der Waals surface area contributed by atoms with Gasteiger partial charge in [-0.05, 0) is 75.8 Å². The smallest absolute Gasteiger partial charge is 0.331 e. The number of hydrogen-bond donors (Lipinski definition) is 2. The minimum atomic E-state index is -3.72. The summed E-state index contributed by atoms with van der Waals surface area (Å²) in [4.78, 5) is 40.8. The molecule has 0 radical (unpaired) electrons. The number of hydrogen-bond acceptors (Lipinski definition) is 5. The van der Waals surface area contributed by atoms with Crippen LogP contribution in [0.3, 0.4) is 0 Å². The number of carbonyl (C=O) groups is 1. The van der Waals surface area contributed by atoms with Gasteiger partial charge in [-0.3, -0.25) is 18.7 Å². The van der Waals surface area contributed by atoms with Gasteiger partial charge >= 0.3 is 11.7 Å². The molecule has 1 aromatic heterocycles. The maximum Gasteiger partial charge on any atom is 0.331 e. The van der Waals surface area contributed by atoms with Crippen molar-refractivity contribution >= 4 is 5.97 Å². The Morgan fingerprint density at radius 2 is 1.74 bits per heavy atom. The highest BCUT2D eigenvalue weighted by molar-refractivity contribution is 5.68. The Balaban J connectivity index is 2.08. The third kappa shape index (κ3) is 7.12. The molecule has 1 heterocycles. The summed E-state index contributed by atoms with van der Waals surface area (Å²) in [6, 6.07) is 14.4. The largest absolute Gasteiger partial charge is 0.494 e. The van der Waals surface area contributed by atoms with E-state index in [1.807, 2.05) is 0 Å². The number of rotatable bonds is 13. The highest BCUT2D eigenvalue weighted by Crippen LogP contribution is 2.36. The fraction of sp³-hybridized carbons (Fsp3) is 0.361. The van der Waals surface area contributed by atoms with Crippen molar-refractivity contribution in [1.82, 2.24) is 14.5 Å². The molecule has 0 saturated heterocycles. The number of benzene rings is 3. The van der Waals surface area contributed by atoms with E-state index in [1.165, 1.54) is 62.8 Å². The molecule has 0 aliphatic rings. The summed E-state index contributed by atoms with van der Waals surface area (Å²) in [5.41, 5.74) is -2.71. The van der Waals surface area contributed by atoms with Gasteiger partial charge in [-0.1, -0.05) is 60.7 Å². The number of ether oxygens (including phenoxy) is 1. The average Bonchev–Trinajstić information content (AvgIpc) is 3.06. The predicted molar refractivity (Wildman–Crippen MR) is 175 cm³/mol. The molecule has 0 fully saturated rings. The molecule has 0 aliphatic carbocycles. The van der Waals surface area contributed by atoms with Crippen molar-refractivity contribution in [2.24, 2.45) is 0 Å². The van der Waals surface area contributed by atoms with Crippen LogP contribution in [-0.4, -0.2) is 33.8 Å². The molecule has 1 unspecified atom stereocenters. The molecule has 2 atom stereocenters. The summed E-state index contributed by atoms with van der Waals surface area (Å²) in [5.74, 6) is -3.35. The number of carboxylic acid groups (broad SMARTS) is 1. The third-order valence-electron chi connectivity index (χ3n) is 7.89. The lowest BCUT2D eigenvalue weighted by Crippen LogP contribution is -2.46. The van der Waals surface area contributed by atoms with Gasteiger partial charge in [-0.2, -0.15) is 0 Å². The molecule has 2 N–H and O–H groups in total. The number of nitrogens with one attached hydrogen (secondary N) is 1. The number of halogens is 2. The molecular weight excluding hydrogens is 592 g/mol. The van der Waals surface area contributed by atoms with E-state index in [1.54, 1.807) is 50.2 Å². The fourth-order valence-electron chi connectivity index (χ4n) is 5.75. The third-order valence-corrected chi connectivity index (χ3v) is 7.89. The molecule has 10 heteroatoms. The molecule has 0 amide bonds. The Bertz CT molecular complexity index is 2100. The summed E-state index contributed by atoms with van der Waals surface area (Å²) >= 11 is 0. The van der Waals surface area contributed by atoms with Gasteiger partial charge in [-0.25, -0.2) is 13.6 Å². The molecule has 0 saturated carbocycles. The Morgan fingerprint density at radius 3 is 2.37 bits per heavy atom. The van der Waals surface area contributed by atoms with Crippen molar-refractivity contribution in [2.45, 2.75) is 71.7 Å². The molecule has 3 aromatic carbocycles. The molecule has 46 heavy (non-hydrogen) atoms. The summed E-state index contributed by atoms with van der Waals surface area (Å²) in [6.07, 6.45) is -7.42. The first-order valence-electron chi connectivity index (χ1n) is 17.5. The first-order valence-corrected chi connectivity index (χ1v) is 14.5. The maximum absolute atomic E-state index is 16.0. The predicted octanol–water partition coefficient (Wildman–Crippen LogP) is 6.45. The van der Waals surface area contributed by atoms with Gasteiger partial charge in [-0.15, -0.1) is 0 Å². The van der Waals surface area contributed by atoms with Gasteiger partial charge in [0, 0.05) is 25.9 Å². The molecule has 8 nitrogen and oxygen atoms in total. The monoisotopic (exact) mass is 639 g/mol. The number of alkyl halides is 1. The fourth-order valence-corrected chi connectivity index (χ4v) is 5.75. The lowest BCUT2D eigenvalue weighted by atomic mass is 9.88. The van der Waals surface area contributed by atoms with Crippen molar-refractivity contribution in [3.8, 4) is 16.9 Å². The van der Waals surface area contributed by atoms with Crippen molar-refractivity contribution in [1.29, 1.82) is 0 Å². The number of nitrogens with zero attached hydrogens (tertiary/aromatic N) is 2. The summed E-state index contributed by atoms with van der Waals surface area (Å²) in [5, 5.41) is 11.8. The second kappa shape index (κ2) is 14.2. The van der Waals surface area contributed by atoms with Crippen LogP contribution >= 0.6 is 0 Å². The standard InChI is InChI=1S/C36H41F2N3O5/c1-22-13-10-17-27(36(4,5)38)31(22)23(2)41-24(3)32(26-16-11-18-29(46-6)33(26)37)34(44)40(35(41)45)21-28(25-14-8-7-9-15-25)39-20-12-19-30(42)43/h7-11,13-18,23,28,39H,12,19-21H2,1-6H3,(H,42,43)/t23?,28-/m0/s1/i12D2,19D2,20D2. The van der Waals surface area contributed by atoms with Crippen molar-refractivity contribution < 1.29 is 31.6 Å². The average molecular weight is 640 g/mol. The van der Waals surface area contributed by atoms with Crippen LogP contribution in [-0.2, 0) is 17.0 Å². The number of methoxy groups -OCH3 is 1. The quantitative estimate of drug-likeness (QED) is 0.174. The van der Waals surface area contributed by atoms with Gasteiger partial charge in [0.05, 0.1) is 31.3 Å². The van der Waals surface area contributed by atoms with E-state index < -0.39 is 66.6 Å². The zero-order valence-corrected chi connectivity index (χ0v) is 26.4. The number of carboxylic acids is 1. The van der Waals surface area contributed by atoms with Crippen LogP contribution in [0.1, 0.15) is 81.8 Å². The molecule has 4 rings (SSSR count). The van der Waals surface area contributed by atoms with Gasteiger partial charge in [0.1, 0.15) is 5.67 Å². The van der Waals surface area contributed by atoms with Crippen LogP contribution in [0.4, 0.5) is 8.78 Å². The molecule has 0 bridgehead atoms. The van der Waals surface area contributed by atoms with Gasteiger partial charge in [0.2, 0.25) is 0 Å². The summed E-state index contributed by atoms with van der Waals surface area (Å²) < 4.78 is 88.0. The maximum atomic E-state index is 16.0. The molecule has 0 aliphatic heterocycles. The van der Waals surface area contributed by atoms with Crippen LogP contribution in [0.15, 0.2) is 76.3 Å². The molecule has 4 aromatic rings. The SMILES string of the molecule is [2H]C([2H])(N[C@@H](Cn1c(=O)c(-c2cccc(OC)c2F)c(C)n(C(C)c2c(C)cccc2C(C)(C)F)c1=O)c1ccccc1)C([2H])([2H])C([2H])([2H])C(=O)O. The second-order valence-corrected chi connectivity index (χ2v) is 11.3. The van der Waals surface area contributed by atoms with E-state index in [9.17, 15) is 19.5 Å². The van der Waals surface area contributed by atoms with Gasteiger partial charge < -0.3 is 15.2 Å². The lowest BCUT2D eigenvalue weighted by Gasteiger charge is -2.29. The highest BCUT2D eigenvalue weighted by Gasteiger charge is 2.30. The van der Waals surface area contributed by atoms with E-state index in [4.69, 9.17) is 13.0 Å². The zero-order chi connectivity index (χ0) is 39.1. The van der Waals surface area contributed by atoms with Crippen LogP contribution in [0.2, 0.25) is 0 Å².